The Balaban J connectivity index is 0.00000242. The number of nitrogens with zero attached hydrogens (tertiary/aromatic N) is 4. The minimum Gasteiger partial charge on any atom is -0.352 e. The second kappa shape index (κ2) is 8.64. The second-order valence-corrected chi connectivity index (χ2v) is 5.40. The zero-order chi connectivity index (χ0) is 15.4. The molecule has 2 heterocycles. The molecule has 0 aliphatic heterocycles. The van der Waals surface area contributed by atoms with Crippen LogP contribution in [-0.2, 0) is 27.2 Å². The molecule has 0 fully saturated rings. The predicted octanol–water partition coefficient (Wildman–Crippen LogP) is 2.55. The van der Waals surface area contributed by atoms with Gasteiger partial charge in [0.15, 0.2) is 5.96 Å². The summed E-state index contributed by atoms with van der Waals surface area (Å²) in [4.78, 5) is 4.18. The highest BCUT2D eigenvalue weighted by Gasteiger charge is 2.09. The molecule has 0 aliphatic carbocycles. The van der Waals surface area contributed by atoms with Gasteiger partial charge in [-0.2, -0.15) is 5.10 Å². The van der Waals surface area contributed by atoms with Gasteiger partial charge in [-0.25, -0.2) is 0 Å². The second-order valence-electron chi connectivity index (χ2n) is 4.64. The van der Waals surface area contributed by atoms with Crippen molar-refractivity contribution in [1.29, 1.82) is 0 Å². The molecule has 0 aromatic carbocycles. The molecule has 0 spiro atoms. The molecule has 9 heteroatoms. The lowest BCUT2D eigenvalue weighted by Gasteiger charge is -2.11. The van der Waals surface area contributed by atoms with E-state index in [2.05, 4.69) is 20.7 Å². The number of aryl methyl sites for hydroxylation is 1. The van der Waals surface area contributed by atoms with E-state index >= 15 is 0 Å². The Kier molecular flexibility index (Phi) is 7.51. The normalized spacial score (nSPS) is 11.2. The van der Waals surface area contributed by atoms with Gasteiger partial charge in [0.2, 0.25) is 0 Å². The molecule has 122 valence electrons. The number of aliphatic imine (C=N–C) groups is 1. The molecule has 0 aliphatic rings. The molecule has 22 heavy (non-hydrogen) atoms. The van der Waals surface area contributed by atoms with E-state index in [1.54, 1.807) is 11.7 Å². The van der Waals surface area contributed by atoms with E-state index in [1.807, 2.05) is 37.1 Å². The number of hydrogen-bond acceptors (Lipinski definition) is 2. The van der Waals surface area contributed by atoms with Crippen LogP contribution < -0.4 is 10.6 Å². The first-order chi connectivity index (χ1) is 10.0. The number of guanidine groups is 1. The van der Waals surface area contributed by atoms with Crippen molar-refractivity contribution in [1.82, 2.24) is 25.0 Å². The first kappa shape index (κ1) is 19.1. The molecule has 0 bridgehead atoms. The summed E-state index contributed by atoms with van der Waals surface area (Å²) in [6.07, 6.45) is 3.77. The zero-order valence-electron chi connectivity index (χ0n) is 12.6. The van der Waals surface area contributed by atoms with Crippen molar-refractivity contribution in [2.75, 3.05) is 7.05 Å². The molecule has 0 atom stereocenters. The highest BCUT2D eigenvalue weighted by Crippen LogP contribution is 2.24. The number of halogens is 3. The van der Waals surface area contributed by atoms with Crippen LogP contribution in [-0.4, -0.2) is 27.4 Å². The maximum Gasteiger partial charge on any atom is 0.191 e. The van der Waals surface area contributed by atoms with Crippen molar-refractivity contribution in [2.24, 2.45) is 19.1 Å². The molecule has 0 saturated carbocycles. The Morgan fingerprint density at radius 3 is 2.45 bits per heavy atom. The van der Waals surface area contributed by atoms with Crippen LogP contribution in [0.4, 0.5) is 0 Å². The fourth-order valence-corrected chi connectivity index (χ4v) is 2.32. The van der Waals surface area contributed by atoms with Gasteiger partial charge in [0.1, 0.15) is 5.15 Å². The van der Waals surface area contributed by atoms with Gasteiger partial charge >= 0.3 is 0 Å². The van der Waals surface area contributed by atoms with Crippen molar-refractivity contribution >= 4 is 53.1 Å². The van der Waals surface area contributed by atoms with Crippen LogP contribution in [0.3, 0.4) is 0 Å². The highest BCUT2D eigenvalue weighted by molar-refractivity contribution is 14.0. The van der Waals surface area contributed by atoms with Crippen LogP contribution >= 0.6 is 47.2 Å². The summed E-state index contributed by atoms with van der Waals surface area (Å²) in [5, 5.41) is 11.6. The van der Waals surface area contributed by atoms with Gasteiger partial charge in [-0.3, -0.25) is 9.67 Å². The lowest BCUT2D eigenvalue weighted by atomic mass is 10.3. The third kappa shape index (κ3) is 4.79. The van der Waals surface area contributed by atoms with E-state index in [-0.39, 0.29) is 24.0 Å². The smallest absolute Gasteiger partial charge is 0.191 e. The van der Waals surface area contributed by atoms with Crippen LogP contribution in [0.5, 0.6) is 0 Å². The summed E-state index contributed by atoms with van der Waals surface area (Å²) in [5.74, 6) is 0.701. The van der Waals surface area contributed by atoms with Crippen LogP contribution in [0.15, 0.2) is 23.5 Å². The standard InChI is InChI=1S/C13H18Cl2N6.HI/c1-16-13(17-5-9-6-19-20(2)8-9)18-7-10-4-11(14)12(15)21(10)3;/h4,6,8H,5,7H2,1-3H3,(H2,16,17,18);1H. The molecule has 2 aromatic rings. The minimum absolute atomic E-state index is 0. The van der Waals surface area contributed by atoms with Gasteiger partial charge in [0.05, 0.1) is 17.8 Å². The van der Waals surface area contributed by atoms with Gasteiger partial charge in [-0.05, 0) is 6.07 Å². The first-order valence-electron chi connectivity index (χ1n) is 6.43. The van der Waals surface area contributed by atoms with Crippen LogP contribution in [0.1, 0.15) is 11.3 Å². The summed E-state index contributed by atoms with van der Waals surface area (Å²) in [7, 11) is 5.49. The molecular formula is C13H19Cl2IN6. The van der Waals surface area contributed by atoms with Crippen LogP contribution in [0.2, 0.25) is 10.2 Å². The van der Waals surface area contributed by atoms with E-state index in [4.69, 9.17) is 23.2 Å². The summed E-state index contributed by atoms with van der Waals surface area (Å²) in [6, 6.07) is 1.84. The van der Waals surface area contributed by atoms with E-state index in [0.717, 1.165) is 11.3 Å². The van der Waals surface area contributed by atoms with Crippen molar-refractivity contribution in [2.45, 2.75) is 13.1 Å². The predicted molar refractivity (Wildman–Crippen MR) is 101 cm³/mol. The monoisotopic (exact) mass is 456 g/mol. The van der Waals surface area contributed by atoms with E-state index in [1.165, 1.54) is 0 Å². The summed E-state index contributed by atoms with van der Waals surface area (Å²) in [5.41, 5.74) is 2.07. The zero-order valence-corrected chi connectivity index (χ0v) is 16.4. The molecule has 2 N–H and O–H groups in total. The van der Waals surface area contributed by atoms with Crippen LogP contribution in [0, 0.1) is 0 Å². The SMILES string of the molecule is CN=C(NCc1cnn(C)c1)NCc1cc(Cl)c(Cl)n1C.I. The fraction of sp³-hybridized carbons (Fsp3) is 0.385. The molecule has 2 rings (SSSR count). The van der Waals surface area contributed by atoms with E-state index in [9.17, 15) is 0 Å². The quantitative estimate of drug-likeness (QED) is 0.422. The third-order valence-electron chi connectivity index (χ3n) is 3.09. The summed E-state index contributed by atoms with van der Waals surface area (Å²) >= 11 is 12.0. The van der Waals surface area contributed by atoms with Gasteiger partial charge in [-0.1, -0.05) is 23.2 Å². The Morgan fingerprint density at radius 1 is 1.27 bits per heavy atom. The van der Waals surface area contributed by atoms with Crippen molar-refractivity contribution in [3.05, 3.63) is 39.9 Å². The number of rotatable bonds is 4. The molecule has 0 unspecified atom stereocenters. The molecule has 6 nitrogen and oxygen atoms in total. The van der Waals surface area contributed by atoms with Crippen LogP contribution in [0.25, 0.3) is 0 Å². The maximum atomic E-state index is 6.04. The van der Waals surface area contributed by atoms with E-state index in [0.29, 0.717) is 29.2 Å². The molecule has 0 radical (unpaired) electrons. The first-order valence-corrected chi connectivity index (χ1v) is 7.18. The largest absolute Gasteiger partial charge is 0.352 e. The van der Waals surface area contributed by atoms with Crippen molar-refractivity contribution in [3.8, 4) is 0 Å². The Labute approximate surface area is 156 Å². The molecule has 0 amide bonds. The molecular weight excluding hydrogens is 438 g/mol. The average Bonchev–Trinajstić information content (AvgIpc) is 2.98. The number of hydrogen-bond donors (Lipinski definition) is 2. The van der Waals surface area contributed by atoms with Gasteiger partial charge in [0, 0.05) is 45.1 Å². The summed E-state index contributed by atoms with van der Waals surface area (Å²) in [6.45, 7) is 1.23. The van der Waals surface area contributed by atoms with E-state index < -0.39 is 0 Å². The average molecular weight is 457 g/mol. The number of aromatic nitrogens is 3. The topological polar surface area (TPSA) is 59.2 Å². The fourth-order valence-electron chi connectivity index (χ4n) is 1.90. The molecule has 0 saturated heterocycles. The van der Waals surface area contributed by atoms with Gasteiger partial charge in [0.25, 0.3) is 0 Å². The van der Waals surface area contributed by atoms with Crippen molar-refractivity contribution in [3.63, 3.8) is 0 Å². The molecule has 2 aromatic heterocycles. The Bertz CT molecular complexity index is 649. The number of nitrogens with one attached hydrogen (secondary N) is 2. The Hall–Kier alpha value is -0.930. The van der Waals surface area contributed by atoms with Gasteiger partial charge < -0.3 is 15.2 Å². The third-order valence-corrected chi connectivity index (χ3v) is 3.94. The lowest BCUT2D eigenvalue weighted by Crippen LogP contribution is -2.36. The highest BCUT2D eigenvalue weighted by atomic mass is 127. The Morgan fingerprint density at radius 2 is 1.95 bits per heavy atom. The minimum atomic E-state index is 0. The maximum absolute atomic E-state index is 6.04. The van der Waals surface area contributed by atoms with Crippen molar-refractivity contribution < 1.29 is 0 Å². The summed E-state index contributed by atoms with van der Waals surface area (Å²) < 4.78 is 3.60. The lowest BCUT2D eigenvalue weighted by molar-refractivity contribution is 0.748. The van der Waals surface area contributed by atoms with Gasteiger partial charge in [-0.15, -0.1) is 24.0 Å².